The first-order valence-corrected chi connectivity index (χ1v) is 11.9. The molecule has 4 aromatic rings. The number of aryl methyl sites for hydroxylation is 1. The summed E-state index contributed by atoms with van der Waals surface area (Å²) >= 11 is 5.85. The SMILES string of the molecule is COc1cc(C=NNC(=O)c2ccc(Cn3nc([N+](=O)[O-])cc3C)cc2)ccc1OC(=O)c1ccc(Cl)cc1. The van der Waals surface area contributed by atoms with Crippen LogP contribution in [-0.2, 0) is 6.54 Å². The molecule has 1 aromatic heterocycles. The van der Waals surface area contributed by atoms with E-state index in [1.54, 1.807) is 73.7 Å². The van der Waals surface area contributed by atoms with Gasteiger partial charge in [-0.15, -0.1) is 0 Å². The number of hydrogen-bond donors (Lipinski definition) is 1. The number of rotatable bonds is 9. The number of nitrogens with zero attached hydrogens (tertiary/aromatic N) is 4. The quantitative estimate of drug-likeness (QED) is 0.104. The summed E-state index contributed by atoms with van der Waals surface area (Å²) in [5.74, 6) is -0.679. The Morgan fingerprint density at radius 3 is 2.38 bits per heavy atom. The molecule has 1 heterocycles. The van der Waals surface area contributed by atoms with Crippen LogP contribution in [0.4, 0.5) is 5.82 Å². The van der Waals surface area contributed by atoms with Crippen LogP contribution in [0.5, 0.6) is 11.5 Å². The fraction of sp³-hybridized carbons (Fsp3) is 0.111. The Morgan fingerprint density at radius 1 is 1.05 bits per heavy atom. The van der Waals surface area contributed by atoms with E-state index in [9.17, 15) is 19.7 Å². The first-order chi connectivity index (χ1) is 18.7. The second-order valence-corrected chi connectivity index (χ2v) is 8.70. The van der Waals surface area contributed by atoms with Crippen LogP contribution in [0.2, 0.25) is 5.02 Å². The van der Waals surface area contributed by atoms with Crippen LogP contribution in [0.15, 0.2) is 77.9 Å². The topological polar surface area (TPSA) is 138 Å². The number of amides is 1. The molecule has 0 unspecified atom stereocenters. The Hall–Kier alpha value is -5.03. The molecule has 0 saturated carbocycles. The van der Waals surface area contributed by atoms with Gasteiger partial charge in [-0.2, -0.15) is 9.78 Å². The molecule has 39 heavy (non-hydrogen) atoms. The van der Waals surface area contributed by atoms with Gasteiger partial charge in [0.05, 0.1) is 42.3 Å². The van der Waals surface area contributed by atoms with Crippen LogP contribution in [0.1, 0.15) is 37.5 Å². The lowest BCUT2D eigenvalue weighted by atomic mass is 10.1. The van der Waals surface area contributed by atoms with Crippen molar-refractivity contribution in [3.63, 3.8) is 0 Å². The molecular weight excluding hydrogens is 526 g/mol. The van der Waals surface area contributed by atoms with Gasteiger partial charge in [-0.25, -0.2) is 10.2 Å². The Balaban J connectivity index is 1.35. The van der Waals surface area contributed by atoms with Crippen LogP contribution in [0.3, 0.4) is 0 Å². The molecule has 1 N–H and O–H groups in total. The molecular formula is C27H22ClN5O6. The van der Waals surface area contributed by atoms with E-state index in [1.165, 1.54) is 24.1 Å². The zero-order chi connectivity index (χ0) is 27.9. The number of hydrazone groups is 1. The summed E-state index contributed by atoms with van der Waals surface area (Å²) in [6.07, 6.45) is 1.42. The lowest BCUT2D eigenvalue weighted by Gasteiger charge is -2.10. The molecule has 0 fully saturated rings. The molecule has 12 heteroatoms. The lowest BCUT2D eigenvalue weighted by Crippen LogP contribution is -2.17. The maximum absolute atomic E-state index is 12.5. The molecule has 0 saturated heterocycles. The molecule has 3 aromatic carbocycles. The number of hydrogen-bond acceptors (Lipinski definition) is 8. The number of esters is 1. The van der Waals surface area contributed by atoms with Gasteiger partial charge in [0.15, 0.2) is 11.5 Å². The molecule has 198 valence electrons. The standard InChI is InChI=1S/C27H22ClN5O6/c1-17-13-25(33(36)37)31-32(17)16-18-3-6-20(7-4-18)26(34)30-29-15-19-5-12-23(24(14-19)38-2)39-27(35)21-8-10-22(28)11-9-21/h3-15H,16H2,1-2H3,(H,30,34). The number of ether oxygens (including phenoxy) is 2. The fourth-order valence-corrected chi connectivity index (χ4v) is 3.63. The van der Waals surface area contributed by atoms with Crippen molar-refractivity contribution < 1.29 is 24.0 Å². The molecule has 0 radical (unpaired) electrons. The molecule has 0 aliphatic rings. The first kappa shape index (κ1) is 27.0. The summed E-state index contributed by atoms with van der Waals surface area (Å²) in [4.78, 5) is 35.2. The average molecular weight is 548 g/mol. The van der Waals surface area contributed by atoms with E-state index in [-0.39, 0.29) is 11.6 Å². The molecule has 0 spiro atoms. The predicted octanol–water partition coefficient (Wildman–Crippen LogP) is 4.79. The highest BCUT2D eigenvalue weighted by molar-refractivity contribution is 6.30. The first-order valence-electron chi connectivity index (χ1n) is 11.5. The summed E-state index contributed by atoms with van der Waals surface area (Å²) in [7, 11) is 1.44. The van der Waals surface area contributed by atoms with E-state index in [1.807, 2.05) is 0 Å². The van der Waals surface area contributed by atoms with Crippen molar-refractivity contribution in [2.45, 2.75) is 13.5 Å². The third-order valence-electron chi connectivity index (χ3n) is 5.55. The van der Waals surface area contributed by atoms with Crippen molar-refractivity contribution in [3.05, 3.63) is 116 Å². The van der Waals surface area contributed by atoms with Gasteiger partial charge in [0.1, 0.15) is 0 Å². The zero-order valence-corrected chi connectivity index (χ0v) is 21.6. The van der Waals surface area contributed by atoms with Crippen molar-refractivity contribution in [1.82, 2.24) is 15.2 Å². The minimum Gasteiger partial charge on any atom is -0.493 e. The highest BCUT2D eigenvalue weighted by atomic mass is 35.5. The second-order valence-electron chi connectivity index (χ2n) is 8.26. The second kappa shape index (κ2) is 12.0. The molecule has 0 atom stereocenters. The summed E-state index contributed by atoms with van der Waals surface area (Å²) in [6, 6.07) is 19.2. The van der Waals surface area contributed by atoms with Crippen LogP contribution in [0, 0.1) is 17.0 Å². The average Bonchev–Trinajstić information content (AvgIpc) is 3.30. The van der Waals surface area contributed by atoms with E-state index >= 15 is 0 Å². The summed E-state index contributed by atoms with van der Waals surface area (Å²) in [5.41, 5.74) is 5.23. The summed E-state index contributed by atoms with van der Waals surface area (Å²) in [6.45, 7) is 2.06. The molecule has 0 aliphatic carbocycles. The Labute approximate surface area is 227 Å². The van der Waals surface area contributed by atoms with Gasteiger partial charge in [0, 0.05) is 10.6 Å². The van der Waals surface area contributed by atoms with Crippen LogP contribution in [-0.4, -0.2) is 39.9 Å². The smallest absolute Gasteiger partial charge is 0.390 e. The van der Waals surface area contributed by atoms with Crippen molar-refractivity contribution in [2.75, 3.05) is 7.11 Å². The lowest BCUT2D eigenvalue weighted by molar-refractivity contribution is -0.389. The Morgan fingerprint density at radius 2 is 1.74 bits per heavy atom. The number of nitro groups is 1. The Bertz CT molecular complexity index is 1550. The number of carbonyl (C=O) groups is 2. The van der Waals surface area contributed by atoms with E-state index in [4.69, 9.17) is 21.1 Å². The highest BCUT2D eigenvalue weighted by Crippen LogP contribution is 2.28. The summed E-state index contributed by atoms with van der Waals surface area (Å²) in [5, 5.41) is 19.4. The largest absolute Gasteiger partial charge is 0.493 e. The minimum absolute atomic E-state index is 0.215. The normalized spacial score (nSPS) is 10.8. The van der Waals surface area contributed by atoms with Gasteiger partial charge in [-0.3, -0.25) is 4.79 Å². The van der Waals surface area contributed by atoms with E-state index in [2.05, 4.69) is 15.6 Å². The summed E-state index contributed by atoms with van der Waals surface area (Å²) < 4.78 is 12.3. The van der Waals surface area contributed by atoms with Crippen molar-refractivity contribution in [3.8, 4) is 11.5 Å². The molecule has 4 rings (SSSR count). The predicted molar refractivity (Wildman–Crippen MR) is 144 cm³/mol. The molecule has 0 bridgehead atoms. The zero-order valence-electron chi connectivity index (χ0n) is 20.8. The van der Waals surface area contributed by atoms with Gasteiger partial charge >= 0.3 is 11.8 Å². The van der Waals surface area contributed by atoms with Crippen LogP contribution in [0.25, 0.3) is 0 Å². The maximum Gasteiger partial charge on any atom is 0.390 e. The van der Waals surface area contributed by atoms with Gasteiger partial charge in [-0.05, 0) is 77.6 Å². The number of aromatic nitrogens is 2. The van der Waals surface area contributed by atoms with E-state index < -0.39 is 16.8 Å². The number of halogens is 1. The van der Waals surface area contributed by atoms with Gasteiger partial charge in [0.2, 0.25) is 0 Å². The number of carbonyl (C=O) groups excluding carboxylic acids is 2. The number of nitrogens with one attached hydrogen (secondary N) is 1. The van der Waals surface area contributed by atoms with E-state index in [0.29, 0.717) is 39.7 Å². The van der Waals surface area contributed by atoms with Gasteiger partial charge < -0.3 is 19.6 Å². The van der Waals surface area contributed by atoms with Crippen molar-refractivity contribution >= 4 is 35.5 Å². The third kappa shape index (κ3) is 6.84. The minimum atomic E-state index is -0.564. The Kier molecular flexibility index (Phi) is 8.32. The number of benzene rings is 3. The highest BCUT2D eigenvalue weighted by Gasteiger charge is 2.16. The van der Waals surface area contributed by atoms with Gasteiger partial charge in [-0.1, -0.05) is 23.7 Å². The van der Waals surface area contributed by atoms with Gasteiger partial charge in [0.25, 0.3) is 5.91 Å². The van der Waals surface area contributed by atoms with Crippen LogP contribution >= 0.6 is 11.6 Å². The monoisotopic (exact) mass is 547 g/mol. The van der Waals surface area contributed by atoms with Crippen molar-refractivity contribution in [1.29, 1.82) is 0 Å². The number of methoxy groups -OCH3 is 1. The maximum atomic E-state index is 12.5. The van der Waals surface area contributed by atoms with E-state index in [0.717, 1.165) is 5.56 Å². The fourth-order valence-electron chi connectivity index (χ4n) is 3.50. The molecule has 11 nitrogen and oxygen atoms in total. The third-order valence-corrected chi connectivity index (χ3v) is 5.81. The molecule has 1 amide bonds. The van der Waals surface area contributed by atoms with Crippen LogP contribution < -0.4 is 14.9 Å². The molecule has 0 aliphatic heterocycles. The van der Waals surface area contributed by atoms with Crippen molar-refractivity contribution in [2.24, 2.45) is 5.10 Å².